The van der Waals surface area contributed by atoms with Gasteiger partial charge in [0.15, 0.2) is 0 Å². The molecule has 1 fully saturated rings. The molecule has 4 aromatic rings. The van der Waals surface area contributed by atoms with Crippen molar-refractivity contribution in [1.29, 1.82) is 0 Å². The number of esters is 1. The van der Waals surface area contributed by atoms with E-state index in [0.29, 0.717) is 51.1 Å². The summed E-state index contributed by atoms with van der Waals surface area (Å²) in [7, 11) is 3.07. The summed E-state index contributed by atoms with van der Waals surface area (Å²) in [6.07, 6.45) is 0.106. The van der Waals surface area contributed by atoms with E-state index >= 15 is 0 Å². The van der Waals surface area contributed by atoms with Crippen molar-refractivity contribution in [1.82, 2.24) is 20.9 Å². The highest BCUT2D eigenvalue weighted by atomic mass is 35.5. The van der Waals surface area contributed by atoms with Crippen molar-refractivity contribution in [2.75, 3.05) is 33.9 Å². The number of nitrogens with zero attached hydrogens (tertiary/aromatic N) is 1. The Kier molecular flexibility index (Phi) is 20.8. The van der Waals surface area contributed by atoms with Gasteiger partial charge in [-0.15, -0.1) is 0 Å². The van der Waals surface area contributed by atoms with Crippen molar-refractivity contribution in [3.05, 3.63) is 119 Å². The number of benzene rings is 4. The second-order valence-corrected chi connectivity index (χ2v) is 24.0. The molecule has 0 aliphatic carbocycles. The molecule has 1 heterocycles. The molecule has 5 rings (SSSR count). The van der Waals surface area contributed by atoms with Gasteiger partial charge in [0.1, 0.15) is 48.4 Å². The lowest BCUT2D eigenvalue weighted by molar-refractivity contribution is -0.150. The number of carbonyl (C=O) groups is 5. The molecule has 1 aliphatic heterocycles. The minimum absolute atomic E-state index is 0.00743. The number of likely N-dealkylation sites (tertiary alicyclic amines) is 1. The maximum atomic E-state index is 14.8. The minimum Gasteiger partial charge on any atom is -0.497 e. The quantitative estimate of drug-likeness (QED) is 0.0275. The van der Waals surface area contributed by atoms with Gasteiger partial charge in [-0.2, -0.15) is 0 Å². The number of carbonyl (C=O) groups excluding carboxylic acids is 5. The van der Waals surface area contributed by atoms with E-state index in [-0.39, 0.29) is 39.1 Å². The predicted molar refractivity (Wildman–Crippen MR) is 261 cm³/mol. The molecule has 68 heavy (non-hydrogen) atoms. The van der Waals surface area contributed by atoms with E-state index in [2.05, 4.69) is 16.0 Å². The zero-order valence-electron chi connectivity index (χ0n) is 38.6. The number of unbranched alkanes of at least 4 members (excludes halogenated alkanes) is 1. The van der Waals surface area contributed by atoms with Crippen LogP contribution < -0.4 is 25.4 Å². The average molecular weight is 1010 g/mol. The van der Waals surface area contributed by atoms with Crippen molar-refractivity contribution in [2.45, 2.75) is 99.6 Å². The van der Waals surface area contributed by atoms with Crippen molar-refractivity contribution in [3.8, 4) is 11.5 Å². The molecule has 3 N–H and O–H groups in total. The number of nitrogens with one attached hydrogen (secondary N) is 3. The molecular weight excluding hydrogens is 955 g/mol. The van der Waals surface area contributed by atoms with Crippen LogP contribution in [-0.4, -0.2) is 92.5 Å². The lowest BCUT2D eigenvalue weighted by Gasteiger charge is -2.30. The Bertz CT molecular complexity index is 2290. The van der Waals surface area contributed by atoms with Crippen LogP contribution >= 0.6 is 40.1 Å². The van der Waals surface area contributed by atoms with Crippen LogP contribution in [0.3, 0.4) is 0 Å². The topological polar surface area (TPSA) is 197 Å². The number of ether oxygens (including phenoxy) is 5. The molecule has 16 nitrogen and oxygen atoms in total. The summed E-state index contributed by atoms with van der Waals surface area (Å²) in [5.74, 6) is -4.60. The van der Waals surface area contributed by atoms with E-state index in [0.717, 1.165) is 28.3 Å². The molecule has 1 saturated heterocycles. The van der Waals surface area contributed by atoms with E-state index in [1.165, 1.54) is 19.1 Å². The predicted octanol–water partition coefficient (Wildman–Crippen LogP) is 9.58. The summed E-state index contributed by atoms with van der Waals surface area (Å²) >= 11 is 8.09. The van der Waals surface area contributed by atoms with Crippen LogP contribution in [-0.2, 0) is 50.9 Å². The summed E-state index contributed by atoms with van der Waals surface area (Å²) in [5.41, 5.74) is 0.477. The molecule has 4 amide bonds. The Labute approximate surface area is 410 Å². The first-order valence-corrected chi connectivity index (χ1v) is 26.8. The van der Waals surface area contributed by atoms with Gasteiger partial charge in [0.05, 0.1) is 20.8 Å². The molecular formula is C48H58ClN4O12PS2. The van der Waals surface area contributed by atoms with Crippen LogP contribution in [0.2, 0.25) is 5.02 Å². The third kappa shape index (κ3) is 17.6. The van der Waals surface area contributed by atoms with Gasteiger partial charge >= 0.3 is 23.9 Å². The summed E-state index contributed by atoms with van der Waals surface area (Å²) in [4.78, 5) is 70.5. The van der Waals surface area contributed by atoms with Crippen LogP contribution in [0, 0.1) is 0 Å². The third-order valence-corrected chi connectivity index (χ3v) is 16.9. The molecule has 0 bridgehead atoms. The Morgan fingerprint density at radius 1 is 0.765 bits per heavy atom. The molecule has 0 unspecified atom stereocenters. The van der Waals surface area contributed by atoms with E-state index in [4.69, 9.17) is 39.8 Å². The molecule has 0 radical (unpaired) electrons. The van der Waals surface area contributed by atoms with Gasteiger partial charge in [-0.3, -0.25) is 14.2 Å². The maximum Gasteiger partial charge on any atom is 0.408 e. The number of alkyl carbamates (subject to hydrolysis) is 2. The normalized spacial score (nSPS) is 14.5. The number of rotatable bonds is 23. The fraction of sp³-hybridized carbons (Fsp3) is 0.396. The lowest BCUT2D eigenvalue weighted by atomic mass is 10.1. The summed E-state index contributed by atoms with van der Waals surface area (Å²) in [6, 6.07) is 26.3. The van der Waals surface area contributed by atoms with Crippen molar-refractivity contribution < 1.29 is 56.7 Å². The van der Waals surface area contributed by atoms with E-state index in [9.17, 15) is 28.5 Å². The summed E-state index contributed by atoms with van der Waals surface area (Å²) in [6.45, 7) is 4.78. The highest BCUT2D eigenvalue weighted by Gasteiger charge is 2.41. The van der Waals surface area contributed by atoms with Crippen molar-refractivity contribution >= 4 is 70.1 Å². The van der Waals surface area contributed by atoms with E-state index < -0.39 is 66.1 Å². The van der Waals surface area contributed by atoms with Crippen LogP contribution in [0.5, 0.6) is 11.5 Å². The highest BCUT2D eigenvalue weighted by molar-refractivity contribution is 8.89. The largest absolute Gasteiger partial charge is 0.497 e. The summed E-state index contributed by atoms with van der Waals surface area (Å²) in [5, 5.41) is 8.58. The molecule has 3 atom stereocenters. The van der Waals surface area contributed by atoms with Gasteiger partial charge in [-0.05, 0) is 136 Å². The molecule has 0 aromatic heterocycles. The smallest absolute Gasteiger partial charge is 0.408 e. The fourth-order valence-electron chi connectivity index (χ4n) is 6.72. The van der Waals surface area contributed by atoms with Crippen LogP contribution in [0.25, 0.3) is 0 Å². The SMILES string of the molecule is COc1ccc(SP(=O)(OC[C@H](NC(=O)OC(C)(C)C)C(=O)N2CCC[C@H]2C(=O)N[C@@H](CCCCNC(=O)OCc2ccccc2Cl)C(=O)OCc2ccccc2)Sc2ccc(OC)cc2)cc1. The molecule has 20 heteroatoms. The van der Waals surface area contributed by atoms with Gasteiger partial charge in [0.25, 0.3) is 0 Å². The second kappa shape index (κ2) is 26.4. The molecule has 0 saturated carbocycles. The molecule has 0 spiro atoms. The molecule has 1 aliphatic rings. The fourth-order valence-corrected chi connectivity index (χ4v) is 13.4. The molecule has 4 aromatic carbocycles. The Morgan fingerprint density at radius 3 is 1.99 bits per heavy atom. The van der Waals surface area contributed by atoms with Gasteiger partial charge in [0, 0.05) is 33.5 Å². The summed E-state index contributed by atoms with van der Waals surface area (Å²) < 4.78 is 48.0. The number of hydrogen-bond acceptors (Lipinski definition) is 14. The Morgan fingerprint density at radius 2 is 1.38 bits per heavy atom. The first kappa shape index (κ1) is 53.6. The van der Waals surface area contributed by atoms with E-state index in [1.54, 1.807) is 106 Å². The van der Waals surface area contributed by atoms with Crippen LogP contribution in [0.15, 0.2) is 113 Å². The highest BCUT2D eigenvalue weighted by Crippen LogP contribution is 2.74. The Hall–Kier alpha value is -5.39. The first-order valence-electron chi connectivity index (χ1n) is 21.9. The monoisotopic (exact) mass is 1010 g/mol. The third-order valence-electron chi connectivity index (χ3n) is 10.1. The number of halogens is 1. The van der Waals surface area contributed by atoms with Crippen LogP contribution in [0.4, 0.5) is 9.59 Å². The Balaban J connectivity index is 1.29. The van der Waals surface area contributed by atoms with E-state index in [1.807, 2.05) is 18.2 Å². The average Bonchev–Trinajstić information content (AvgIpc) is 3.82. The van der Waals surface area contributed by atoms with Gasteiger partial charge in [-0.1, -0.05) is 60.1 Å². The maximum absolute atomic E-state index is 14.8. The number of methoxy groups -OCH3 is 2. The zero-order chi connectivity index (χ0) is 49.1. The van der Waals surface area contributed by atoms with Crippen LogP contribution in [0.1, 0.15) is 64.0 Å². The number of hydrogen-bond donors (Lipinski definition) is 3. The number of amides is 4. The lowest BCUT2D eigenvalue weighted by Crippen LogP contribution is -2.56. The van der Waals surface area contributed by atoms with Gasteiger partial charge in [0.2, 0.25) is 11.8 Å². The molecule has 366 valence electrons. The zero-order valence-corrected chi connectivity index (χ0v) is 41.9. The van der Waals surface area contributed by atoms with Crippen molar-refractivity contribution in [3.63, 3.8) is 0 Å². The first-order chi connectivity index (χ1) is 32.5. The standard InChI is InChI=1S/C48H58ClN4O12PS2/c1-48(2,3)65-47(58)52-41(32-64-66(59,67-37-24-20-35(60-4)21-25-37)68-38-26-22-36(61-5)23-27-38)44(55)53-29-13-19-42(53)43(54)51-40(45(56)62-30-33-14-7-6-8-15-33)18-11-12-28-50-46(57)63-31-34-16-9-10-17-39(34)49/h6-10,14-17,20-27,40-42H,11-13,18-19,28-32H2,1-5H3,(H,50,57)(H,51,54)(H,52,58)/t40-,41-,42-/m0/s1. The second-order valence-electron chi connectivity index (χ2n) is 16.4. The van der Waals surface area contributed by atoms with Gasteiger partial charge < -0.3 is 49.1 Å². The van der Waals surface area contributed by atoms with Crippen molar-refractivity contribution in [2.24, 2.45) is 0 Å². The minimum atomic E-state index is -3.83. The van der Waals surface area contributed by atoms with Gasteiger partial charge in [-0.25, -0.2) is 14.4 Å².